The molecule has 4 aliphatic carbocycles. The van der Waals surface area contributed by atoms with E-state index in [0.717, 1.165) is 48.0 Å². The van der Waals surface area contributed by atoms with Crippen LogP contribution in [0.15, 0.2) is 12.4 Å². The van der Waals surface area contributed by atoms with Gasteiger partial charge in [0.1, 0.15) is 6.07 Å². The minimum atomic E-state index is 0.526. The van der Waals surface area contributed by atoms with Gasteiger partial charge in [0.2, 0.25) is 0 Å². The topological polar surface area (TPSA) is 41.6 Å². The molecular formula is C28H43N3. The van der Waals surface area contributed by atoms with Gasteiger partial charge in [0.25, 0.3) is 0 Å². The molecule has 0 N–H and O–H groups in total. The summed E-state index contributed by atoms with van der Waals surface area (Å²) in [5.74, 6) is 7.61. The van der Waals surface area contributed by atoms with Crippen LogP contribution in [0.5, 0.6) is 0 Å². The Bertz CT molecular complexity index is 805. The zero-order valence-corrected chi connectivity index (χ0v) is 20.1. The largest absolute Gasteiger partial charge is 0.271 e. The highest BCUT2D eigenvalue weighted by molar-refractivity contribution is 5.21. The number of aromatic nitrogens is 2. The molecule has 4 saturated carbocycles. The third-order valence-electron chi connectivity index (χ3n) is 10.8. The Morgan fingerprint density at radius 3 is 2.74 bits per heavy atom. The summed E-state index contributed by atoms with van der Waals surface area (Å²) in [7, 11) is 0. The van der Waals surface area contributed by atoms with Gasteiger partial charge in [-0.25, -0.2) is 0 Å². The molecule has 0 radical (unpaired) electrons. The third-order valence-corrected chi connectivity index (χ3v) is 10.8. The van der Waals surface area contributed by atoms with Crippen LogP contribution in [0.3, 0.4) is 0 Å². The van der Waals surface area contributed by atoms with E-state index in [0.29, 0.717) is 16.9 Å². The van der Waals surface area contributed by atoms with E-state index in [9.17, 15) is 0 Å². The SMILES string of the molecule is CCC[C@H]1CC[C@H]2[C@H](CC[C@@H]3[C@@H]2CC[C@]2(C)C([C@H](C)Cn4cc(C#N)cn4)CC[C@@H]32)C1. The monoisotopic (exact) mass is 421 g/mol. The van der Waals surface area contributed by atoms with E-state index < -0.39 is 0 Å². The summed E-state index contributed by atoms with van der Waals surface area (Å²) in [4.78, 5) is 0. The summed E-state index contributed by atoms with van der Waals surface area (Å²) in [5, 5.41) is 13.6. The van der Waals surface area contributed by atoms with Crippen LogP contribution in [-0.4, -0.2) is 9.78 Å². The maximum atomic E-state index is 9.12. The molecule has 1 aromatic heterocycles. The fraction of sp³-hybridized carbons (Fsp3) is 0.857. The molecule has 3 nitrogen and oxygen atoms in total. The van der Waals surface area contributed by atoms with E-state index in [4.69, 9.17) is 5.26 Å². The Morgan fingerprint density at radius 1 is 1.13 bits per heavy atom. The number of rotatable bonds is 5. The average molecular weight is 422 g/mol. The van der Waals surface area contributed by atoms with E-state index in [1.165, 1.54) is 57.8 Å². The molecule has 4 aliphatic rings. The first-order chi connectivity index (χ1) is 15.0. The fourth-order valence-electron chi connectivity index (χ4n) is 9.54. The zero-order chi connectivity index (χ0) is 21.6. The predicted octanol–water partition coefficient (Wildman–Crippen LogP) is 7.08. The Balaban J connectivity index is 1.27. The van der Waals surface area contributed by atoms with E-state index in [2.05, 4.69) is 31.9 Å². The van der Waals surface area contributed by atoms with Crippen molar-refractivity contribution in [3.63, 3.8) is 0 Å². The zero-order valence-electron chi connectivity index (χ0n) is 20.1. The van der Waals surface area contributed by atoms with Crippen molar-refractivity contribution in [1.29, 1.82) is 5.26 Å². The van der Waals surface area contributed by atoms with Crippen molar-refractivity contribution >= 4 is 0 Å². The molecule has 1 unspecified atom stereocenters. The number of hydrogen-bond donors (Lipinski definition) is 0. The molecule has 170 valence electrons. The van der Waals surface area contributed by atoms with Crippen molar-refractivity contribution < 1.29 is 0 Å². The second kappa shape index (κ2) is 8.57. The predicted molar refractivity (Wildman–Crippen MR) is 125 cm³/mol. The van der Waals surface area contributed by atoms with Gasteiger partial charge < -0.3 is 0 Å². The summed E-state index contributed by atoms with van der Waals surface area (Å²) in [6, 6.07) is 2.22. The molecule has 0 bridgehead atoms. The van der Waals surface area contributed by atoms with Gasteiger partial charge in [0.05, 0.1) is 11.8 Å². The van der Waals surface area contributed by atoms with Crippen molar-refractivity contribution in [3.05, 3.63) is 18.0 Å². The highest BCUT2D eigenvalue weighted by Crippen LogP contribution is 2.65. The molecule has 0 aromatic carbocycles. The van der Waals surface area contributed by atoms with Crippen LogP contribution in [0.1, 0.15) is 97.0 Å². The van der Waals surface area contributed by atoms with Gasteiger partial charge in [0, 0.05) is 12.7 Å². The van der Waals surface area contributed by atoms with Crippen LogP contribution in [0.4, 0.5) is 0 Å². The maximum absolute atomic E-state index is 9.12. The second-order valence-corrected chi connectivity index (χ2v) is 12.2. The third kappa shape index (κ3) is 3.77. The van der Waals surface area contributed by atoms with Crippen molar-refractivity contribution in [1.82, 2.24) is 9.78 Å². The standard InChI is InChI=1S/C28H43N3/c1-4-5-20-6-8-23-22(14-20)7-9-25-24(23)12-13-28(3)26(10-11-27(25)28)19(2)17-31-18-21(15-29)16-30-31/h16,18-20,22-27H,4-14,17H2,1-3H3/t19-,20+,22-,23+,24-,25-,26?,27+,28-/m1/s1. The Morgan fingerprint density at radius 2 is 1.97 bits per heavy atom. The molecule has 5 rings (SSSR count). The fourth-order valence-corrected chi connectivity index (χ4v) is 9.54. The van der Waals surface area contributed by atoms with Crippen molar-refractivity contribution in [2.75, 3.05) is 0 Å². The van der Waals surface area contributed by atoms with Crippen LogP contribution in [0, 0.1) is 64.1 Å². The molecule has 0 saturated heterocycles. The molecule has 31 heavy (non-hydrogen) atoms. The average Bonchev–Trinajstić information content (AvgIpc) is 3.37. The van der Waals surface area contributed by atoms with Gasteiger partial charge >= 0.3 is 0 Å². The van der Waals surface area contributed by atoms with E-state index in [1.807, 2.05) is 10.9 Å². The minimum Gasteiger partial charge on any atom is -0.271 e. The molecule has 0 aliphatic heterocycles. The van der Waals surface area contributed by atoms with Crippen molar-refractivity contribution in [3.8, 4) is 6.07 Å². The van der Waals surface area contributed by atoms with Crippen LogP contribution in [-0.2, 0) is 6.54 Å². The van der Waals surface area contributed by atoms with Crippen LogP contribution >= 0.6 is 0 Å². The first-order valence-electron chi connectivity index (χ1n) is 13.5. The summed E-state index contributed by atoms with van der Waals surface area (Å²) in [5.41, 5.74) is 1.21. The van der Waals surface area contributed by atoms with Crippen LogP contribution in [0.25, 0.3) is 0 Å². The lowest BCUT2D eigenvalue weighted by Crippen LogP contribution is -2.49. The lowest BCUT2D eigenvalue weighted by atomic mass is 9.48. The number of nitrogens with zero attached hydrogens (tertiary/aromatic N) is 3. The van der Waals surface area contributed by atoms with E-state index in [-0.39, 0.29) is 0 Å². The Hall–Kier alpha value is -1.30. The van der Waals surface area contributed by atoms with Gasteiger partial charge in [-0.1, -0.05) is 40.0 Å². The quantitative estimate of drug-likeness (QED) is 0.510. The molecule has 0 amide bonds. The normalized spacial score (nSPS) is 42.8. The van der Waals surface area contributed by atoms with Crippen molar-refractivity contribution in [2.24, 2.45) is 52.8 Å². The second-order valence-electron chi connectivity index (χ2n) is 12.2. The van der Waals surface area contributed by atoms with Gasteiger partial charge in [-0.3, -0.25) is 4.68 Å². The first-order valence-corrected chi connectivity index (χ1v) is 13.5. The highest BCUT2D eigenvalue weighted by Gasteiger charge is 2.57. The van der Waals surface area contributed by atoms with E-state index in [1.54, 1.807) is 19.0 Å². The van der Waals surface area contributed by atoms with Crippen LogP contribution in [0.2, 0.25) is 0 Å². The minimum absolute atomic E-state index is 0.526. The number of nitriles is 1. The van der Waals surface area contributed by atoms with Gasteiger partial charge in [-0.05, 0) is 104 Å². The molecule has 0 spiro atoms. The first kappa shape index (κ1) is 21.5. The maximum Gasteiger partial charge on any atom is 0.102 e. The van der Waals surface area contributed by atoms with E-state index >= 15 is 0 Å². The van der Waals surface area contributed by atoms with Gasteiger partial charge in [-0.15, -0.1) is 0 Å². The molecule has 9 atom stereocenters. The summed E-state index contributed by atoms with van der Waals surface area (Å²) in [6.45, 7) is 8.45. The molecule has 1 heterocycles. The lowest BCUT2D eigenvalue weighted by molar-refractivity contribution is -0.0749. The van der Waals surface area contributed by atoms with Gasteiger partial charge in [-0.2, -0.15) is 10.4 Å². The molecule has 1 aromatic rings. The molecule has 4 fully saturated rings. The summed E-state index contributed by atoms with van der Waals surface area (Å²) >= 11 is 0. The number of hydrogen-bond acceptors (Lipinski definition) is 2. The highest BCUT2D eigenvalue weighted by atomic mass is 15.3. The molecular weight excluding hydrogens is 378 g/mol. The van der Waals surface area contributed by atoms with Gasteiger partial charge in [0.15, 0.2) is 0 Å². The smallest absolute Gasteiger partial charge is 0.102 e. The number of fused-ring (bicyclic) bond motifs is 5. The van der Waals surface area contributed by atoms with Crippen molar-refractivity contribution in [2.45, 2.75) is 97.9 Å². The van der Waals surface area contributed by atoms with Crippen LogP contribution < -0.4 is 0 Å². The lowest BCUT2D eigenvalue weighted by Gasteiger charge is -2.57. The Kier molecular flexibility index (Phi) is 5.95. The Labute approximate surface area is 190 Å². The summed E-state index contributed by atoms with van der Waals surface area (Å²) in [6.07, 6.45) is 20.0. The molecule has 3 heteroatoms. The summed E-state index contributed by atoms with van der Waals surface area (Å²) < 4.78 is 2.02.